The highest BCUT2D eigenvalue weighted by Gasteiger charge is 2.06. The van der Waals surface area contributed by atoms with Crippen LogP contribution in [0, 0.1) is 0 Å². The van der Waals surface area contributed by atoms with Gasteiger partial charge in [-0.2, -0.15) is 0 Å². The van der Waals surface area contributed by atoms with Gasteiger partial charge in [0.2, 0.25) is 0 Å². The van der Waals surface area contributed by atoms with Crippen molar-refractivity contribution in [1.29, 1.82) is 0 Å². The average Bonchev–Trinajstić information content (AvgIpc) is 2.34. The minimum atomic E-state index is -0.528. The zero-order valence-corrected chi connectivity index (χ0v) is 10.8. The van der Waals surface area contributed by atoms with Crippen molar-refractivity contribution >= 4 is 27.9 Å². The number of nitrogens with zero attached hydrogens (tertiary/aromatic N) is 1. The van der Waals surface area contributed by atoms with E-state index < -0.39 is 6.09 Å². The number of hydrogen-bond acceptors (Lipinski definition) is 4. The van der Waals surface area contributed by atoms with E-state index in [0.717, 1.165) is 0 Å². The number of amides is 2. The lowest BCUT2D eigenvalue weighted by molar-refractivity contribution is 0.0929. The topological polar surface area (TPSA) is 80.3 Å². The third-order valence-corrected chi connectivity index (χ3v) is 2.21. The number of nitrogens with one attached hydrogen (secondary N) is 2. The van der Waals surface area contributed by atoms with E-state index in [2.05, 4.69) is 31.5 Å². The molecule has 0 saturated heterocycles. The van der Waals surface area contributed by atoms with Crippen molar-refractivity contribution in [2.24, 2.45) is 0 Å². The van der Waals surface area contributed by atoms with Gasteiger partial charge in [0, 0.05) is 7.05 Å². The average molecular weight is 302 g/mol. The third-order valence-electron chi connectivity index (χ3n) is 1.77. The number of aromatic nitrogens is 1. The third kappa shape index (κ3) is 4.81. The molecule has 0 fully saturated rings. The van der Waals surface area contributed by atoms with Crippen LogP contribution in [0.2, 0.25) is 0 Å². The Bertz CT molecular complexity index is 412. The summed E-state index contributed by atoms with van der Waals surface area (Å²) in [6.07, 6.45) is -0.528. The van der Waals surface area contributed by atoms with E-state index in [-0.39, 0.29) is 19.1 Å². The van der Waals surface area contributed by atoms with Crippen molar-refractivity contribution < 1.29 is 14.3 Å². The lowest BCUT2D eigenvalue weighted by atomic mass is 10.3. The van der Waals surface area contributed by atoms with Crippen LogP contribution in [0.1, 0.15) is 10.5 Å². The van der Waals surface area contributed by atoms with Crippen LogP contribution in [0.5, 0.6) is 0 Å². The first-order chi connectivity index (χ1) is 8.13. The lowest BCUT2D eigenvalue weighted by Crippen LogP contribution is -2.30. The van der Waals surface area contributed by atoms with Crippen molar-refractivity contribution in [2.45, 2.75) is 0 Å². The molecular weight excluding hydrogens is 290 g/mol. The molecule has 1 aromatic rings. The van der Waals surface area contributed by atoms with E-state index in [0.29, 0.717) is 10.3 Å². The Morgan fingerprint density at radius 3 is 2.88 bits per heavy atom. The Balaban J connectivity index is 2.33. The molecule has 0 bridgehead atoms. The maximum atomic E-state index is 11.6. The SMILES string of the molecule is CNC(=O)OCCNC(=O)c1cccc(Br)n1. The normalized spacial score (nSPS) is 9.53. The Kier molecular flexibility index (Phi) is 5.41. The number of carbonyl (C=O) groups excluding carboxylic acids is 2. The molecule has 0 spiro atoms. The van der Waals surface area contributed by atoms with Crippen LogP contribution in [-0.2, 0) is 4.74 Å². The summed E-state index contributed by atoms with van der Waals surface area (Å²) in [6, 6.07) is 5.04. The van der Waals surface area contributed by atoms with Crippen LogP contribution in [0.4, 0.5) is 4.79 Å². The number of hydrogen-bond donors (Lipinski definition) is 2. The molecule has 17 heavy (non-hydrogen) atoms. The predicted molar refractivity (Wildman–Crippen MR) is 64.7 cm³/mol. The van der Waals surface area contributed by atoms with Crippen LogP contribution in [0.25, 0.3) is 0 Å². The Morgan fingerprint density at radius 1 is 1.47 bits per heavy atom. The highest BCUT2D eigenvalue weighted by Crippen LogP contribution is 2.05. The molecule has 0 unspecified atom stereocenters. The molecule has 0 aliphatic heterocycles. The number of rotatable bonds is 4. The van der Waals surface area contributed by atoms with Gasteiger partial charge in [-0.3, -0.25) is 4.79 Å². The quantitative estimate of drug-likeness (QED) is 0.640. The zero-order valence-electron chi connectivity index (χ0n) is 9.20. The second-order valence-corrected chi connectivity index (χ2v) is 3.80. The number of pyridine rings is 1. The minimum absolute atomic E-state index is 0.111. The zero-order chi connectivity index (χ0) is 12.7. The molecule has 0 aromatic carbocycles. The maximum absolute atomic E-state index is 11.6. The summed E-state index contributed by atoms with van der Waals surface area (Å²) in [5.74, 6) is -0.313. The largest absolute Gasteiger partial charge is 0.448 e. The van der Waals surface area contributed by atoms with Crippen molar-refractivity contribution in [3.63, 3.8) is 0 Å². The molecule has 1 heterocycles. The first-order valence-corrected chi connectivity index (χ1v) is 5.68. The molecule has 0 aliphatic rings. The minimum Gasteiger partial charge on any atom is -0.448 e. The van der Waals surface area contributed by atoms with Gasteiger partial charge in [-0.1, -0.05) is 6.07 Å². The number of carbonyl (C=O) groups is 2. The van der Waals surface area contributed by atoms with Crippen LogP contribution in [0.15, 0.2) is 22.8 Å². The molecular formula is C10H12BrN3O3. The summed E-state index contributed by atoms with van der Waals surface area (Å²) >= 11 is 3.17. The Labute approximate surface area is 107 Å². The van der Waals surface area contributed by atoms with Gasteiger partial charge >= 0.3 is 6.09 Å². The van der Waals surface area contributed by atoms with Crippen molar-refractivity contribution in [3.05, 3.63) is 28.5 Å². The van der Waals surface area contributed by atoms with Gasteiger partial charge in [0.1, 0.15) is 16.9 Å². The van der Waals surface area contributed by atoms with E-state index >= 15 is 0 Å². The number of ether oxygens (including phenoxy) is 1. The smallest absolute Gasteiger partial charge is 0.406 e. The molecule has 0 radical (unpaired) electrons. The molecule has 0 saturated carbocycles. The van der Waals surface area contributed by atoms with Crippen molar-refractivity contribution in [3.8, 4) is 0 Å². The Hall–Kier alpha value is -1.63. The highest BCUT2D eigenvalue weighted by atomic mass is 79.9. The Morgan fingerprint density at radius 2 is 2.24 bits per heavy atom. The molecule has 6 nitrogen and oxygen atoms in total. The second-order valence-electron chi connectivity index (χ2n) is 2.99. The summed E-state index contributed by atoms with van der Waals surface area (Å²) in [5.41, 5.74) is 0.305. The van der Waals surface area contributed by atoms with E-state index in [4.69, 9.17) is 4.74 Å². The standard InChI is InChI=1S/C10H12BrN3O3/c1-12-10(16)17-6-5-13-9(15)7-3-2-4-8(11)14-7/h2-4H,5-6H2,1H3,(H,12,16)(H,13,15). The summed E-state index contributed by atoms with van der Waals surface area (Å²) in [5, 5.41) is 4.88. The fourth-order valence-electron chi connectivity index (χ4n) is 1.01. The fourth-order valence-corrected chi connectivity index (χ4v) is 1.35. The van der Waals surface area contributed by atoms with Crippen LogP contribution in [0.3, 0.4) is 0 Å². The monoisotopic (exact) mass is 301 g/mol. The molecule has 1 aromatic heterocycles. The number of halogens is 1. The lowest BCUT2D eigenvalue weighted by Gasteiger charge is -2.05. The van der Waals surface area contributed by atoms with Crippen LogP contribution >= 0.6 is 15.9 Å². The van der Waals surface area contributed by atoms with Gasteiger partial charge in [-0.15, -0.1) is 0 Å². The van der Waals surface area contributed by atoms with Gasteiger partial charge in [-0.25, -0.2) is 9.78 Å². The van der Waals surface area contributed by atoms with Crippen molar-refractivity contribution in [1.82, 2.24) is 15.6 Å². The van der Waals surface area contributed by atoms with Gasteiger partial charge in [-0.05, 0) is 28.1 Å². The number of alkyl carbamates (subject to hydrolysis) is 1. The van der Waals surface area contributed by atoms with Gasteiger partial charge in [0.05, 0.1) is 6.54 Å². The van der Waals surface area contributed by atoms with Crippen LogP contribution < -0.4 is 10.6 Å². The molecule has 2 N–H and O–H groups in total. The summed E-state index contributed by atoms with van der Waals surface area (Å²) in [4.78, 5) is 26.3. The molecule has 0 atom stereocenters. The van der Waals surface area contributed by atoms with E-state index in [1.165, 1.54) is 7.05 Å². The van der Waals surface area contributed by atoms with E-state index in [1.54, 1.807) is 18.2 Å². The van der Waals surface area contributed by atoms with E-state index in [9.17, 15) is 9.59 Å². The molecule has 7 heteroatoms. The highest BCUT2D eigenvalue weighted by molar-refractivity contribution is 9.10. The summed E-state index contributed by atoms with van der Waals surface area (Å²) in [6.45, 7) is 0.347. The second kappa shape index (κ2) is 6.85. The molecule has 2 amide bonds. The molecule has 92 valence electrons. The van der Waals surface area contributed by atoms with Crippen molar-refractivity contribution in [2.75, 3.05) is 20.2 Å². The predicted octanol–water partition coefficient (Wildman–Crippen LogP) is 0.930. The fraction of sp³-hybridized carbons (Fsp3) is 0.300. The first kappa shape index (κ1) is 13.4. The maximum Gasteiger partial charge on any atom is 0.406 e. The first-order valence-electron chi connectivity index (χ1n) is 4.88. The molecule has 0 aliphatic carbocycles. The van der Waals surface area contributed by atoms with Gasteiger partial charge in [0.15, 0.2) is 0 Å². The van der Waals surface area contributed by atoms with E-state index in [1.807, 2.05) is 0 Å². The summed E-state index contributed by atoms with van der Waals surface area (Å²) < 4.78 is 5.30. The summed E-state index contributed by atoms with van der Waals surface area (Å²) in [7, 11) is 1.46. The van der Waals surface area contributed by atoms with Crippen LogP contribution in [-0.4, -0.2) is 37.2 Å². The molecule has 1 rings (SSSR count). The van der Waals surface area contributed by atoms with Gasteiger partial charge in [0.25, 0.3) is 5.91 Å². The van der Waals surface area contributed by atoms with Gasteiger partial charge < -0.3 is 15.4 Å².